The van der Waals surface area contributed by atoms with E-state index in [1.54, 1.807) is 20.3 Å². The second-order valence-electron chi connectivity index (χ2n) is 5.61. The summed E-state index contributed by atoms with van der Waals surface area (Å²) in [6, 6.07) is 5.58. The molecule has 6 nitrogen and oxygen atoms in total. The minimum absolute atomic E-state index is 0.0907. The molecule has 1 aromatic carbocycles. The molecular weight excluding hydrogens is 310 g/mol. The first-order chi connectivity index (χ1) is 11.5. The van der Waals surface area contributed by atoms with Crippen LogP contribution in [-0.4, -0.2) is 38.7 Å². The van der Waals surface area contributed by atoms with Crippen molar-refractivity contribution < 1.29 is 23.8 Å². The smallest absolute Gasteiger partial charge is 0.306 e. The van der Waals surface area contributed by atoms with Crippen LogP contribution in [0.4, 0.5) is 0 Å². The predicted octanol–water partition coefficient (Wildman–Crippen LogP) is 2.48. The average Bonchev–Trinajstić information content (AvgIpc) is 2.57. The van der Waals surface area contributed by atoms with Crippen LogP contribution in [0.2, 0.25) is 0 Å². The summed E-state index contributed by atoms with van der Waals surface area (Å²) in [6.45, 7) is 3.75. The van der Waals surface area contributed by atoms with E-state index < -0.39 is 5.97 Å². The van der Waals surface area contributed by atoms with Crippen molar-refractivity contribution in [3.05, 3.63) is 23.8 Å². The molecule has 0 bridgehead atoms. The van der Waals surface area contributed by atoms with Crippen LogP contribution < -0.4 is 14.8 Å². The van der Waals surface area contributed by atoms with Gasteiger partial charge in [-0.2, -0.15) is 0 Å². The van der Waals surface area contributed by atoms with Crippen molar-refractivity contribution in [3.63, 3.8) is 0 Å². The first-order valence-corrected chi connectivity index (χ1v) is 8.16. The van der Waals surface area contributed by atoms with Gasteiger partial charge in [0.05, 0.1) is 14.2 Å². The summed E-state index contributed by atoms with van der Waals surface area (Å²) < 4.78 is 15.4. The van der Waals surface area contributed by atoms with Crippen molar-refractivity contribution in [2.75, 3.05) is 20.8 Å². The molecule has 0 fully saturated rings. The normalized spacial score (nSPS) is 11.5. The van der Waals surface area contributed by atoms with Crippen molar-refractivity contribution in [1.29, 1.82) is 0 Å². The molecule has 0 aromatic heterocycles. The molecule has 0 spiro atoms. The Morgan fingerprint density at radius 2 is 1.88 bits per heavy atom. The number of hydrogen-bond acceptors (Lipinski definition) is 5. The van der Waals surface area contributed by atoms with Crippen molar-refractivity contribution in [2.45, 2.75) is 45.6 Å². The second kappa shape index (κ2) is 10.5. The lowest BCUT2D eigenvalue weighted by molar-refractivity contribution is -0.148. The van der Waals surface area contributed by atoms with E-state index in [-0.39, 0.29) is 25.0 Å². The van der Waals surface area contributed by atoms with Crippen molar-refractivity contribution in [3.8, 4) is 11.5 Å². The Balaban J connectivity index is 2.37. The van der Waals surface area contributed by atoms with Crippen LogP contribution in [0.1, 0.15) is 38.7 Å². The Hall–Kier alpha value is -2.24. The van der Waals surface area contributed by atoms with Gasteiger partial charge in [0.25, 0.3) is 5.91 Å². The molecule has 0 unspecified atom stereocenters. The maximum atomic E-state index is 11.8. The highest BCUT2D eigenvalue weighted by Gasteiger charge is 2.11. The Bertz CT molecular complexity index is 544. The molecule has 24 heavy (non-hydrogen) atoms. The Morgan fingerprint density at radius 3 is 2.50 bits per heavy atom. The molecule has 1 amide bonds. The molecule has 1 rings (SSSR count). The summed E-state index contributed by atoms with van der Waals surface area (Å²) in [5, 5.41) is 2.79. The zero-order chi connectivity index (χ0) is 17.9. The number of benzene rings is 1. The topological polar surface area (TPSA) is 73.9 Å². The third-order valence-corrected chi connectivity index (χ3v) is 3.56. The number of methoxy groups -OCH3 is 2. The fraction of sp³-hybridized carbons (Fsp3) is 0.556. The molecule has 0 saturated heterocycles. The lowest BCUT2D eigenvalue weighted by atomic mass is 10.1. The number of amides is 1. The van der Waals surface area contributed by atoms with Gasteiger partial charge in [-0.05, 0) is 37.5 Å². The molecule has 0 heterocycles. The highest BCUT2D eigenvalue weighted by molar-refractivity contribution is 5.80. The quantitative estimate of drug-likeness (QED) is 0.664. The van der Waals surface area contributed by atoms with E-state index in [1.165, 1.54) is 0 Å². The van der Waals surface area contributed by atoms with Gasteiger partial charge in [-0.3, -0.25) is 9.59 Å². The van der Waals surface area contributed by atoms with Gasteiger partial charge in [0, 0.05) is 12.5 Å². The number of carbonyl (C=O) groups is 2. The molecule has 0 aliphatic carbocycles. The summed E-state index contributed by atoms with van der Waals surface area (Å²) in [5.41, 5.74) is 0.936. The van der Waals surface area contributed by atoms with Crippen LogP contribution in [0.15, 0.2) is 18.2 Å². The van der Waals surface area contributed by atoms with Gasteiger partial charge in [-0.1, -0.05) is 19.4 Å². The number of ether oxygens (including phenoxy) is 3. The maximum absolute atomic E-state index is 11.8. The van der Waals surface area contributed by atoms with E-state index in [4.69, 9.17) is 14.2 Å². The largest absolute Gasteiger partial charge is 0.493 e. The first-order valence-electron chi connectivity index (χ1n) is 8.16. The minimum atomic E-state index is -0.400. The molecule has 1 aromatic rings. The van der Waals surface area contributed by atoms with Gasteiger partial charge in [0.15, 0.2) is 18.1 Å². The molecule has 0 radical (unpaired) electrons. The minimum Gasteiger partial charge on any atom is -0.493 e. The van der Waals surface area contributed by atoms with E-state index in [0.717, 1.165) is 18.4 Å². The van der Waals surface area contributed by atoms with Crippen LogP contribution in [0.3, 0.4) is 0 Å². The fourth-order valence-corrected chi connectivity index (χ4v) is 2.32. The van der Waals surface area contributed by atoms with Gasteiger partial charge in [0.2, 0.25) is 0 Å². The number of carbonyl (C=O) groups excluding carboxylic acids is 2. The molecule has 6 heteroatoms. The van der Waals surface area contributed by atoms with Gasteiger partial charge in [-0.25, -0.2) is 0 Å². The highest BCUT2D eigenvalue weighted by Crippen LogP contribution is 2.27. The standard InChI is InChI=1S/C18H27NO5/c1-5-6-13(2)19-17(20)12-24-18(21)10-8-14-7-9-15(22-3)16(11-14)23-4/h7,9,11,13H,5-6,8,10,12H2,1-4H3,(H,19,20)/t13-/m1/s1. The van der Waals surface area contributed by atoms with Crippen molar-refractivity contribution >= 4 is 11.9 Å². The van der Waals surface area contributed by atoms with E-state index in [2.05, 4.69) is 12.2 Å². The molecule has 1 atom stereocenters. The zero-order valence-corrected chi connectivity index (χ0v) is 14.9. The summed E-state index contributed by atoms with van der Waals surface area (Å²) in [7, 11) is 3.13. The van der Waals surface area contributed by atoms with Crippen LogP contribution in [0, 0.1) is 0 Å². The lowest BCUT2D eigenvalue weighted by Crippen LogP contribution is -2.35. The summed E-state index contributed by atoms with van der Waals surface area (Å²) >= 11 is 0. The lowest BCUT2D eigenvalue weighted by Gasteiger charge is -2.13. The van der Waals surface area contributed by atoms with Gasteiger partial charge in [0.1, 0.15) is 0 Å². The van der Waals surface area contributed by atoms with E-state index in [1.807, 2.05) is 19.1 Å². The second-order valence-corrected chi connectivity index (χ2v) is 5.61. The van der Waals surface area contributed by atoms with E-state index in [9.17, 15) is 9.59 Å². The van der Waals surface area contributed by atoms with Gasteiger partial charge < -0.3 is 19.5 Å². The SMILES string of the molecule is CCC[C@@H](C)NC(=O)COC(=O)CCc1ccc(OC)c(OC)c1. The molecule has 1 N–H and O–H groups in total. The fourth-order valence-electron chi connectivity index (χ4n) is 2.32. The van der Waals surface area contributed by atoms with Crippen LogP contribution in [-0.2, 0) is 20.7 Å². The highest BCUT2D eigenvalue weighted by atomic mass is 16.5. The summed E-state index contributed by atoms with van der Waals surface area (Å²) in [4.78, 5) is 23.4. The monoisotopic (exact) mass is 337 g/mol. The van der Waals surface area contributed by atoms with Crippen LogP contribution in [0.25, 0.3) is 0 Å². The molecule has 0 saturated carbocycles. The van der Waals surface area contributed by atoms with Gasteiger partial charge >= 0.3 is 5.97 Å². The Kier molecular flexibility index (Phi) is 8.68. The summed E-state index contributed by atoms with van der Waals surface area (Å²) in [6.07, 6.45) is 2.60. The van der Waals surface area contributed by atoms with Crippen LogP contribution in [0.5, 0.6) is 11.5 Å². The number of aryl methyl sites for hydroxylation is 1. The molecule has 134 valence electrons. The third-order valence-electron chi connectivity index (χ3n) is 3.56. The van der Waals surface area contributed by atoms with Crippen molar-refractivity contribution in [2.24, 2.45) is 0 Å². The number of esters is 1. The van der Waals surface area contributed by atoms with Gasteiger partial charge in [-0.15, -0.1) is 0 Å². The predicted molar refractivity (Wildman–Crippen MR) is 91.3 cm³/mol. The number of nitrogens with one attached hydrogen (secondary N) is 1. The third kappa shape index (κ3) is 6.89. The molecule has 0 aliphatic heterocycles. The molecule has 0 aliphatic rings. The molecular formula is C18H27NO5. The first kappa shape index (κ1) is 19.8. The van der Waals surface area contributed by atoms with E-state index >= 15 is 0 Å². The van der Waals surface area contributed by atoms with E-state index in [0.29, 0.717) is 17.9 Å². The van der Waals surface area contributed by atoms with Crippen LogP contribution >= 0.6 is 0 Å². The van der Waals surface area contributed by atoms with Crippen molar-refractivity contribution in [1.82, 2.24) is 5.32 Å². The maximum Gasteiger partial charge on any atom is 0.306 e. The number of hydrogen-bond donors (Lipinski definition) is 1. The number of rotatable bonds is 10. The Labute approximate surface area is 143 Å². The Morgan fingerprint density at radius 1 is 1.17 bits per heavy atom. The summed E-state index contributed by atoms with van der Waals surface area (Å²) in [5.74, 6) is 0.591. The zero-order valence-electron chi connectivity index (χ0n) is 14.9. The average molecular weight is 337 g/mol.